The Labute approximate surface area is 118 Å². The summed E-state index contributed by atoms with van der Waals surface area (Å²) in [5.74, 6) is -3.24. The Morgan fingerprint density at radius 1 is 1.19 bits per heavy atom. The molecule has 0 unspecified atom stereocenters. The lowest BCUT2D eigenvalue weighted by molar-refractivity contribution is 0.0692. The van der Waals surface area contributed by atoms with E-state index in [2.05, 4.69) is 4.98 Å². The molecular weight excluding hydrogens is 304 g/mol. The molecule has 0 aliphatic rings. The Bertz CT molecular complexity index is 834. The largest absolute Gasteiger partial charge is 0.478 e. The number of carboxylic acids is 1. The average Bonchev–Trinajstić information content (AvgIpc) is 2.39. The van der Waals surface area contributed by atoms with Crippen LogP contribution in [0.4, 0.5) is 8.78 Å². The molecule has 0 fully saturated rings. The number of aromatic nitrogens is 1. The maximum atomic E-state index is 13.8. The Morgan fingerprint density at radius 3 is 2.43 bits per heavy atom. The molecule has 0 spiro atoms. The summed E-state index contributed by atoms with van der Waals surface area (Å²) in [4.78, 5) is 14.9. The van der Waals surface area contributed by atoms with E-state index in [4.69, 9.17) is 0 Å². The summed E-state index contributed by atoms with van der Waals surface area (Å²) in [7, 11) is -3.94. The van der Waals surface area contributed by atoms with Gasteiger partial charge in [-0.15, -0.1) is 0 Å². The zero-order valence-electron chi connectivity index (χ0n) is 10.7. The minimum absolute atomic E-state index is 0.255. The maximum Gasteiger partial charge on any atom is 0.339 e. The molecule has 0 radical (unpaired) electrons. The molecular formula is C13H9F2NO4S. The van der Waals surface area contributed by atoms with Crippen LogP contribution in [0.25, 0.3) is 11.1 Å². The van der Waals surface area contributed by atoms with Crippen molar-refractivity contribution >= 4 is 15.8 Å². The number of carbonyl (C=O) groups is 1. The number of sulfone groups is 1. The smallest absolute Gasteiger partial charge is 0.339 e. The highest BCUT2D eigenvalue weighted by atomic mass is 32.2. The third-order valence-electron chi connectivity index (χ3n) is 2.70. The van der Waals surface area contributed by atoms with Gasteiger partial charge in [0.2, 0.25) is 0 Å². The molecule has 0 aliphatic heterocycles. The quantitative estimate of drug-likeness (QED) is 0.938. The summed E-state index contributed by atoms with van der Waals surface area (Å²) >= 11 is 0. The first-order valence-corrected chi connectivity index (χ1v) is 7.48. The topological polar surface area (TPSA) is 84.3 Å². The van der Waals surface area contributed by atoms with E-state index in [9.17, 15) is 27.1 Å². The van der Waals surface area contributed by atoms with Crippen molar-refractivity contribution in [3.63, 3.8) is 0 Å². The molecule has 0 saturated carbocycles. The first kappa shape index (κ1) is 15.0. The normalized spacial score (nSPS) is 11.4. The van der Waals surface area contributed by atoms with E-state index < -0.39 is 38.0 Å². The van der Waals surface area contributed by atoms with Crippen molar-refractivity contribution in [2.45, 2.75) is 5.03 Å². The van der Waals surface area contributed by atoms with Crippen LogP contribution in [-0.4, -0.2) is 30.7 Å². The number of nitrogens with zero attached hydrogens (tertiary/aromatic N) is 1. The molecule has 0 saturated heterocycles. The lowest BCUT2D eigenvalue weighted by atomic mass is 10.0. The number of pyridine rings is 1. The Kier molecular flexibility index (Phi) is 3.73. The molecule has 2 rings (SSSR count). The number of hydrogen-bond acceptors (Lipinski definition) is 4. The molecule has 1 heterocycles. The zero-order valence-corrected chi connectivity index (χ0v) is 11.5. The highest BCUT2D eigenvalue weighted by Crippen LogP contribution is 2.30. The van der Waals surface area contributed by atoms with Gasteiger partial charge in [0.25, 0.3) is 0 Å². The lowest BCUT2D eigenvalue weighted by Gasteiger charge is -2.10. The number of aromatic carboxylic acids is 1. The van der Waals surface area contributed by atoms with Gasteiger partial charge < -0.3 is 5.11 Å². The van der Waals surface area contributed by atoms with Crippen LogP contribution in [0.3, 0.4) is 0 Å². The summed E-state index contributed by atoms with van der Waals surface area (Å²) in [6, 6.07) is 3.62. The van der Waals surface area contributed by atoms with Gasteiger partial charge in [0.1, 0.15) is 17.2 Å². The van der Waals surface area contributed by atoms with Crippen molar-refractivity contribution in [3.8, 4) is 11.1 Å². The van der Waals surface area contributed by atoms with Gasteiger partial charge in [0.05, 0.1) is 0 Å². The number of benzene rings is 1. The molecule has 0 aliphatic carbocycles. The van der Waals surface area contributed by atoms with Gasteiger partial charge in [-0.05, 0) is 24.3 Å². The molecule has 1 N–H and O–H groups in total. The molecule has 110 valence electrons. The Hall–Kier alpha value is -2.35. The van der Waals surface area contributed by atoms with Crippen molar-refractivity contribution in [3.05, 3.63) is 47.7 Å². The first-order valence-electron chi connectivity index (χ1n) is 5.59. The molecule has 0 bridgehead atoms. The molecule has 1 aromatic carbocycles. The molecule has 2 aromatic rings. The fourth-order valence-corrected chi connectivity index (χ4v) is 2.68. The molecule has 5 nitrogen and oxygen atoms in total. The van der Waals surface area contributed by atoms with Gasteiger partial charge in [-0.1, -0.05) is 0 Å². The second-order valence-electron chi connectivity index (χ2n) is 4.24. The van der Waals surface area contributed by atoms with Gasteiger partial charge in [-0.2, -0.15) is 0 Å². The predicted octanol–water partition coefficient (Wildman–Crippen LogP) is 2.13. The summed E-state index contributed by atoms with van der Waals surface area (Å²) < 4.78 is 50.2. The highest BCUT2D eigenvalue weighted by Gasteiger charge is 2.25. The minimum atomic E-state index is -3.94. The molecule has 0 atom stereocenters. The van der Waals surface area contributed by atoms with Crippen LogP contribution in [0.1, 0.15) is 10.4 Å². The monoisotopic (exact) mass is 313 g/mol. The summed E-state index contributed by atoms with van der Waals surface area (Å²) in [6.45, 7) is 0. The van der Waals surface area contributed by atoms with Gasteiger partial charge in [-0.25, -0.2) is 27.0 Å². The third kappa shape index (κ3) is 2.89. The predicted molar refractivity (Wildman–Crippen MR) is 69.7 cm³/mol. The van der Waals surface area contributed by atoms with E-state index in [-0.39, 0.29) is 11.1 Å². The SMILES string of the molecule is CS(=O)(=O)c1nccc(-c2cc(F)ccc2F)c1C(=O)O. The van der Waals surface area contributed by atoms with Gasteiger partial charge in [-0.3, -0.25) is 0 Å². The summed E-state index contributed by atoms with van der Waals surface area (Å²) in [6.07, 6.45) is 1.82. The van der Waals surface area contributed by atoms with E-state index in [0.29, 0.717) is 0 Å². The Morgan fingerprint density at radius 2 is 1.86 bits per heavy atom. The van der Waals surface area contributed by atoms with E-state index in [1.807, 2.05) is 0 Å². The zero-order chi connectivity index (χ0) is 15.8. The van der Waals surface area contributed by atoms with Crippen LogP contribution in [-0.2, 0) is 9.84 Å². The molecule has 1 aromatic heterocycles. The van der Waals surface area contributed by atoms with Crippen molar-refractivity contribution < 1.29 is 27.1 Å². The lowest BCUT2D eigenvalue weighted by Crippen LogP contribution is -2.12. The van der Waals surface area contributed by atoms with E-state index in [0.717, 1.165) is 36.7 Å². The Balaban J connectivity index is 2.88. The van der Waals surface area contributed by atoms with Crippen LogP contribution < -0.4 is 0 Å². The maximum absolute atomic E-state index is 13.8. The molecule has 0 amide bonds. The number of hydrogen-bond donors (Lipinski definition) is 1. The van der Waals surface area contributed by atoms with Crippen molar-refractivity contribution in [1.82, 2.24) is 4.98 Å². The van der Waals surface area contributed by atoms with Crippen LogP contribution in [0.15, 0.2) is 35.5 Å². The molecule has 21 heavy (non-hydrogen) atoms. The van der Waals surface area contributed by atoms with E-state index >= 15 is 0 Å². The van der Waals surface area contributed by atoms with Crippen LogP contribution in [0, 0.1) is 11.6 Å². The van der Waals surface area contributed by atoms with E-state index in [1.165, 1.54) is 0 Å². The van der Waals surface area contributed by atoms with Crippen LogP contribution in [0.5, 0.6) is 0 Å². The second-order valence-corrected chi connectivity index (χ2v) is 6.17. The highest BCUT2D eigenvalue weighted by molar-refractivity contribution is 7.90. The van der Waals surface area contributed by atoms with E-state index in [1.54, 1.807) is 0 Å². The number of halogens is 2. The third-order valence-corrected chi connectivity index (χ3v) is 3.71. The van der Waals surface area contributed by atoms with Crippen molar-refractivity contribution in [2.75, 3.05) is 6.26 Å². The van der Waals surface area contributed by atoms with Crippen LogP contribution in [0.2, 0.25) is 0 Å². The average molecular weight is 313 g/mol. The summed E-state index contributed by atoms with van der Waals surface area (Å²) in [5, 5.41) is 8.51. The van der Waals surface area contributed by atoms with Gasteiger partial charge in [0.15, 0.2) is 14.9 Å². The number of rotatable bonds is 3. The van der Waals surface area contributed by atoms with Crippen molar-refractivity contribution in [2.24, 2.45) is 0 Å². The fraction of sp³-hybridized carbons (Fsp3) is 0.0769. The van der Waals surface area contributed by atoms with Gasteiger partial charge in [0, 0.05) is 23.6 Å². The molecule has 8 heteroatoms. The van der Waals surface area contributed by atoms with Crippen LogP contribution >= 0.6 is 0 Å². The first-order chi connectivity index (χ1) is 9.71. The van der Waals surface area contributed by atoms with Crippen molar-refractivity contribution in [1.29, 1.82) is 0 Å². The number of carboxylic acid groups (broad SMARTS) is 1. The second kappa shape index (κ2) is 5.21. The van der Waals surface area contributed by atoms with Gasteiger partial charge >= 0.3 is 5.97 Å². The minimum Gasteiger partial charge on any atom is -0.478 e. The fourth-order valence-electron chi connectivity index (χ4n) is 1.86. The standard InChI is InChI=1S/C13H9F2NO4S/c1-21(19,20)12-11(13(17)18)8(4-5-16-12)9-6-7(14)2-3-10(9)15/h2-6H,1H3,(H,17,18). The summed E-state index contributed by atoms with van der Waals surface area (Å²) in [5.41, 5.74) is -1.29.